The Kier molecular flexibility index (Phi) is 6.42. The minimum Gasteiger partial charge on any atom is -0.457 e. The summed E-state index contributed by atoms with van der Waals surface area (Å²) in [6.45, 7) is 4.57. The first kappa shape index (κ1) is 22.8. The van der Waals surface area contributed by atoms with Gasteiger partial charge in [-0.05, 0) is 44.5 Å². The number of aromatic nitrogens is 1. The van der Waals surface area contributed by atoms with E-state index in [1.54, 1.807) is 0 Å². The Morgan fingerprint density at radius 1 is 1.00 bits per heavy atom. The topological polar surface area (TPSA) is 112 Å². The number of nitrogens with one attached hydrogen (secondary N) is 1. The van der Waals surface area contributed by atoms with Gasteiger partial charge >= 0.3 is 5.97 Å². The van der Waals surface area contributed by atoms with Crippen LogP contribution in [0.25, 0.3) is 10.9 Å². The molecule has 0 saturated heterocycles. The molecule has 0 bridgehead atoms. The largest absolute Gasteiger partial charge is 0.457 e. The lowest BCUT2D eigenvalue weighted by molar-refractivity contribution is 0.0474. The van der Waals surface area contributed by atoms with E-state index in [9.17, 15) is 21.6 Å². The number of fused-ring (bicyclic) bond motifs is 1. The Hall–Kier alpha value is -2.85. The molecule has 0 aliphatic carbocycles. The van der Waals surface area contributed by atoms with E-state index in [0.717, 1.165) is 9.54 Å². The number of carbonyl (C=O) groups excluding carboxylic acids is 1. The first-order valence-electron chi connectivity index (χ1n) is 9.69. The summed E-state index contributed by atoms with van der Waals surface area (Å²) in [7, 11) is -7.27. The number of benzene rings is 2. The third kappa shape index (κ3) is 4.75. The summed E-state index contributed by atoms with van der Waals surface area (Å²) < 4.78 is 58.3. The summed E-state index contributed by atoms with van der Waals surface area (Å²) in [6, 6.07) is 13.5. The molecular weight excluding hydrogens is 440 g/mol. The number of rotatable bonds is 8. The first-order valence-corrected chi connectivity index (χ1v) is 13.0. The van der Waals surface area contributed by atoms with Gasteiger partial charge in [0.05, 0.1) is 22.6 Å². The predicted molar refractivity (Wildman–Crippen MR) is 120 cm³/mol. The average molecular weight is 465 g/mol. The molecule has 0 radical (unpaired) electrons. The molecule has 0 fully saturated rings. The van der Waals surface area contributed by atoms with E-state index >= 15 is 0 Å². The summed E-state index contributed by atoms with van der Waals surface area (Å²) >= 11 is 0. The molecule has 10 heteroatoms. The maximum atomic E-state index is 13.0. The minimum absolute atomic E-state index is 0.0223. The number of hydrogen-bond acceptors (Lipinski definition) is 6. The average Bonchev–Trinajstić information content (AvgIpc) is 3.04. The molecule has 0 unspecified atom stereocenters. The van der Waals surface area contributed by atoms with Crippen molar-refractivity contribution in [1.29, 1.82) is 0 Å². The lowest BCUT2D eigenvalue weighted by atomic mass is 10.1. The SMILES string of the molecule is CCS(=O)(=O)Nc1ccc2c(c1)c(C(=O)OCc1ccccc1)c(C)n2S(=O)(=O)CC. The van der Waals surface area contributed by atoms with Gasteiger partial charge in [0, 0.05) is 16.8 Å². The van der Waals surface area contributed by atoms with Crippen LogP contribution in [0, 0.1) is 6.92 Å². The van der Waals surface area contributed by atoms with Crippen LogP contribution in [0.5, 0.6) is 0 Å². The Labute approximate surface area is 181 Å². The second kappa shape index (κ2) is 8.72. The van der Waals surface area contributed by atoms with Crippen molar-refractivity contribution < 1.29 is 26.4 Å². The molecule has 0 saturated carbocycles. The molecule has 166 valence electrons. The Morgan fingerprint density at radius 3 is 2.29 bits per heavy atom. The smallest absolute Gasteiger partial charge is 0.340 e. The zero-order valence-corrected chi connectivity index (χ0v) is 19.1. The van der Waals surface area contributed by atoms with E-state index in [1.807, 2.05) is 30.3 Å². The van der Waals surface area contributed by atoms with Crippen molar-refractivity contribution in [2.45, 2.75) is 27.4 Å². The second-order valence-electron chi connectivity index (χ2n) is 6.92. The molecule has 0 aliphatic heterocycles. The molecule has 0 amide bonds. The van der Waals surface area contributed by atoms with E-state index in [1.165, 1.54) is 39.0 Å². The monoisotopic (exact) mass is 464 g/mol. The van der Waals surface area contributed by atoms with Gasteiger partial charge in [0.25, 0.3) is 0 Å². The van der Waals surface area contributed by atoms with Crippen LogP contribution in [0.15, 0.2) is 48.5 Å². The van der Waals surface area contributed by atoms with Gasteiger partial charge < -0.3 is 4.74 Å². The molecule has 31 heavy (non-hydrogen) atoms. The molecule has 1 N–H and O–H groups in total. The zero-order valence-electron chi connectivity index (χ0n) is 17.5. The number of ether oxygens (including phenoxy) is 1. The molecule has 1 heterocycles. The number of nitrogens with zero attached hydrogens (tertiary/aromatic N) is 1. The minimum atomic E-state index is -3.72. The van der Waals surface area contributed by atoms with Gasteiger partial charge in [-0.2, -0.15) is 0 Å². The van der Waals surface area contributed by atoms with Crippen molar-refractivity contribution in [2.75, 3.05) is 16.2 Å². The van der Waals surface area contributed by atoms with Gasteiger partial charge in [-0.25, -0.2) is 25.6 Å². The number of sulfonamides is 1. The highest BCUT2D eigenvalue weighted by atomic mass is 32.2. The molecule has 2 aromatic carbocycles. The van der Waals surface area contributed by atoms with E-state index in [0.29, 0.717) is 5.39 Å². The van der Waals surface area contributed by atoms with Crippen LogP contribution >= 0.6 is 0 Å². The summed E-state index contributed by atoms with van der Waals surface area (Å²) in [5, 5.41) is 0.295. The van der Waals surface area contributed by atoms with Crippen LogP contribution in [0.2, 0.25) is 0 Å². The number of anilines is 1. The van der Waals surface area contributed by atoms with Crippen LogP contribution in [-0.4, -0.2) is 38.3 Å². The molecule has 3 aromatic rings. The molecule has 0 spiro atoms. The highest BCUT2D eigenvalue weighted by Crippen LogP contribution is 2.31. The maximum Gasteiger partial charge on any atom is 0.340 e. The van der Waals surface area contributed by atoms with Gasteiger partial charge in [0.1, 0.15) is 6.61 Å². The van der Waals surface area contributed by atoms with Crippen molar-refractivity contribution in [1.82, 2.24) is 3.97 Å². The summed E-state index contributed by atoms with van der Waals surface area (Å²) in [5.74, 6) is -0.978. The van der Waals surface area contributed by atoms with E-state index < -0.39 is 26.0 Å². The van der Waals surface area contributed by atoms with Crippen molar-refractivity contribution in [2.24, 2.45) is 0 Å². The Bertz CT molecular complexity index is 1330. The third-order valence-corrected chi connectivity index (χ3v) is 7.93. The van der Waals surface area contributed by atoms with Crippen molar-refractivity contribution in [3.63, 3.8) is 0 Å². The Balaban J connectivity index is 2.13. The lowest BCUT2D eigenvalue weighted by Gasteiger charge is -2.09. The van der Waals surface area contributed by atoms with Crippen LogP contribution in [0.1, 0.15) is 35.5 Å². The molecule has 3 rings (SSSR count). The normalized spacial score (nSPS) is 12.1. The summed E-state index contributed by atoms with van der Waals surface area (Å²) in [6.07, 6.45) is 0. The van der Waals surface area contributed by atoms with E-state index in [4.69, 9.17) is 4.74 Å². The second-order valence-corrected chi connectivity index (χ2v) is 11.0. The first-order chi connectivity index (χ1) is 14.6. The molecule has 8 nitrogen and oxygen atoms in total. The highest BCUT2D eigenvalue weighted by molar-refractivity contribution is 7.92. The molecule has 0 aliphatic rings. The molecule has 1 aromatic heterocycles. The van der Waals surface area contributed by atoms with Gasteiger partial charge in [0.2, 0.25) is 20.0 Å². The predicted octanol–water partition coefficient (Wildman–Crippen LogP) is 3.27. The molecular formula is C21H24N2O6S2. The number of hydrogen-bond donors (Lipinski definition) is 1. The summed E-state index contributed by atoms with van der Waals surface area (Å²) in [5.41, 5.74) is 1.60. The number of carbonyl (C=O) groups is 1. The van der Waals surface area contributed by atoms with Gasteiger partial charge in [-0.15, -0.1) is 0 Å². The lowest BCUT2D eigenvalue weighted by Crippen LogP contribution is -2.17. The van der Waals surface area contributed by atoms with Crippen LogP contribution < -0.4 is 4.72 Å². The van der Waals surface area contributed by atoms with E-state index in [-0.39, 0.29) is 40.6 Å². The standard InChI is InChI=1S/C21H24N2O6S2/c1-4-30(25,26)22-17-11-12-19-18(13-17)20(15(3)23(19)31(27,28)5-2)21(24)29-14-16-9-7-6-8-10-16/h6-13,22H,4-5,14H2,1-3H3. The van der Waals surface area contributed by atoms with Crippen LogP contribution in [0.4, 0.5) is 5.69 Å². The fourth-order valence-corrected chi connectivity index (χ4v) is 5.10. The van der Waals surface area contributed by atoms with Gasteiger partial charge in [-0.1, -0.05) is 30.3 Å². The fourth-order valence-electron chi connectivity index (χ4n) is 3.25. The fraction of sp³-hybridized carbons (Fsp3) is 0.286. The highest BCUT2D eigenvalue weighted by Gasteiger charge is 2.27. The third-order valence-electron chi connectivity index (χ3n) is 4.86. The number of esters is 1. The zero-order chi connectivity index (χ0) is 22.8. The van der Waals surface area contributed by atoms with Crippen LogP contribution in [0.3, 0.4) is 0 Å². The van der Waals surface area contributed by atoms with Crippen molar-refractivity contribution in [3.8, 4) is 0 Å². The van der Waals surface area contributed by atoms with E-state index in [2.05, 4.69) is 4.72 Å². The molecule has 0 atom stereocenters. The van der Waals surface area contributed by atoms with Crippen molar-refractivity contribution in [3.05, 3.63) is 65.4 Å². The van der Waals surface area contributed by atoms with Gasteiger partial charge in [-0.3, -0.25) is 4.72 Å². The maximum absolute atomic E-state index is 13.0. The Morgan fingerprint density at radius 2 is 1.68 bits per heavy atom. The quantitative estimate of drug-likeness (QED) is 0.512. The van der Waals surface area contributed by atoms with Gasteiger partial charge in [0.15, 0.2) is 0 Å². The summed E-state index contributed by atoms with van der Waals surface area (Å²) in [4.78, 5) is 13.0. The van der Waals surface area contributed by atoms with Crippen LogP contribution in [-0.2, 0) is 31.4 Å². The van der Waals surface area contributed by atoms with Crippen molar-refractivity contribution >= 4 is 42.6 Å².